The van der Waals surface area contributed by atoms with Crippen molar-refractivity contribution in [2.24, 2.45) is 0 Å². The van der Waals surface area contributed by atoms with Gasteiger partial charge in [0, 0.05) is 0 Å². The van der Waals surface area contributed by atoms with Crippen LogP contribution in [0.15, 0.2) is 30.3 Å². The van der Waals surface area contributed by atoms with Crippen molar-refractivity contribution in [1.29, 1.82) is 0 Å². The third kappa shape index (κ3) is 2.89. The summed E-state index contributed by atoms with van der Waals surface area (Å²) >= 11 is 0.685. The predicted molar refractivity (Wildman–Crippen MR) is 40.6 cm³/mol. The monoisotopic (exact) mass is 253 g/mol. The number of rotatable bonds is 1. The fourth-order valence-corrected chi connectivity index (χ4v) is 1.23. The second-order valence-electron chi connectivity index (χ2n) is 1.88. The molecule has 0 fully saturated rings. The average molecular weight is 255 g/mol. The van der Waals surface area contributed by atoms with E-state index in [4.69, 9.17) is 0 Å². The van der Waals surface area contributed by atoms with E-state index in [0.717, 1.165) is 5.56 Å². The molecular formula is C7H7BrFZn. The first-order valence-electron chi connectivity index (χ1n) is 2.83. The van der Waals surface area contributed by atoms with Crippen molar-refractivity contribution >= 4 is 17.0 Å². The number of hydrogen-bond acceptors (Lipinski definition) is 0. The average Bonchev–Trinajstić information content (AvgIpc) is 1.90. The molecule has 0 radical (unpaired) electrons. The molecule has 0 spiro atoms. The van der Waals surface area contributed by atoms with Gasteiger partial charge in [0.05, 0.1) is 0 Å². The topological polar surface area (TPSA) is 0 Å². The van der Waals surface area contributed by atoms with Gasteiger partial charge in [-0.15, -0.1) is 17.0 Å². The maximum atomic E-state index is 12.5. The third-order valence-electron chi connectivity index (χ3n) is 1.16. The van der Waals surface area contributed by atoms with Gasteiger partial charge in [-0.2, -0.15) is 0 Å². The van der Waals surface area contributed by atoms with Crippen LogP contribution in [0, 0.1) is 0 Å². The van der Waals surface area contributed by atoms with Crippen LogP contribution in [0.5, 0.6) is 0 Å². The Morgan fingerprint density at radius 3 is 2.00 bits per heavy atom. The van der Waals surface area contributed by atoms with Crippen molar-refractivity contribution in [2.75, 3.05) is 0 Å². The summed E-state index contributed by atoms with van der Waals surface area (Å²) in [4.78, 5) is 0. The summed E-state index contributed by atoms with van der Waals surface area (Å²) in [6, 6.07) is 9.24. The van der Waals surface area contributed by atoms with E-state index in [0.29, 0.717) is 18.3 Å². The van der Waals surface area contributed by atoms with E-state index in [9.17, 15) is 4.39 Å². The first kappa shape index (κ1) is 10.3. The molecule has 0 aliphatic heterocycles. The van der Waals surface area contributed by atoms with E-state index in [2.05, 4.69) is 0 Å². The second kappa shape index (κ2) is 4.98. The maximum absolute atomic E-state index is 12.5. The molecule has 0 saturated carbocycles. The summed E-state index contributed by atoms with van der Waals surface area (Å²) in [5.41, 5.74) is 0.803. The molecule has 1 unspecified atom stereocenters. The molecule has 3 heteroatoms. The van der Waals surface area contributed by atoms with Gasteiger partial charge >= 0.3 is 63.4 Å². The molecule has 1 aromatic carbocycles. The van der Waals surface area contributed by atoms with Gasteiger partial charge in [0.15, 0.2) is 0 Å². The molecule has 0 bridgehead atoms. The fraction of sp³-hybridized carbons (Fsp3) is 0.143. The van der Waals surface area contributed by atoms with Crippen LogP contribution in [0.3, 0.4) is 0 Å². The van der Waals surface area contributed by atoms with Gasteiger partial charge < -0.3 is 0 Å². The van der Waals surface area contributed by atoms with Crippen molar-refractivity contribution in [3.63, 3.8) is 0 Å². The molecule has 0 aliphatic carbocycles. The predicted octanol–water partition coefficient (Wildman–Crippen LogP) is 2.78. The quantitative estimate of drug-likeness (QED) is 0.677. The van der Waals surface area contributed by atoms with Crippen molar-refractivity contribution in [2.45, 2.75) is 4.77 Å². The molecule has 0 saturated heterocycles. The molecular weight excluding hydrogens is 248 g/mol. The SMILES string of the molecule is Br.F[CH]([Zn])c1ccccc1. The van der Waals surface area contributed by atoms with Crippen molar-refractivity contribution < 1.29 is 22.7 Å². The van der Waals surface area contributed by atoms with Gasteiger partial charge in [0.2, 0.25) is 0 Å². The van der Waals surface area contributed by atoms with E-state index >= 15 is 0 Å². The summed E-state index contributed by atoms with van der Waals surface area (Å²) in [6.45, 7) is 0. The Morgan fingerprint density at radius 2 is 1.70 bits per heavy atom. The molecule has 0 N–H and O–H groups in total. The minimum atomic E-state index is -0.716. The van der Waals surface area contributed by atoms with Crippen LogP contribution in [0.4, 0.5) is 4.39 Å². The van der Waals surface area contributed by atoms with E-state index in [-0.39, 0.29) is 17.0 Å². The van der Waals surface area contributed by atoms with Crippen LogP contribution in [0.1, 0.15) is 10.3 Å². The van der Waals surface area contributed by atoms with Crippen molar-refractivity contribution in [1.82, 2.24) is 0 Å². The second-order valence-corrected chi connectivity index (χ2v) is 3.38. The van der Waals surface area contributed by atoms with Crippen molar-refractivity contribution in [3.8, 4) is 0 Å². The molecule has 0 heterocycles. The summed E-state index contributed by atoms with van der Waals surface area (Å²) in [7, 11) is 0. The zero-order valence-electron chi connectivity index (χ0n) is 5.46. The Labute approximate surface area is 80.3 Å². The van der Waals surface area contributed by atoms with Crippen LogP contribution in [-0.2, 0) is 18.3 Å². The molecule has 0 nitrogen and oxygen atoms in total. The van der Waals surface area contributed by atoms with Gasteiger partial charge in [-0.05, 0) is 0 Å². The Kier molecular flexibility index (Phi) is 5.10. The van der Waals surface area contributed by atoms with E-state index in [1.54, 1.807) is 0 Å². The first-order chi connectivity index (χ1) is 4.30. The zero-order chi connectivity index (χ0) is 6.69. The van der Waals surface area contributed by atoms with Gasteiger partial charge in [0.1, 0.15) is 0 Å². The minimum absolute atomic E-state index is 0. The zero-order valence-corrected chi connectivity index (χ0v) is 10.1. The van der Waals surface area contributed by atoms with Crippen LogP contribution in [0.25, 0.3) is 0 Å². The van der Waals surface area contributed by atoms with E-state index in [1.165, 1.54) is 0 Å². The molecule has 10 heavy (non-hydrogen) atoms. The summed E-state index contributed by atoms with van der Waals surface area (Å²) in [5, 5.41) is 0. The Bertz CT molecular complexity index is 176. The Balaban J connectivity index is 0.000000810. The third-order valence-corrected chi connectivity index (χ3v) is 2.15. The number of benzene rings is 1. The first-order valence-corrected chi connectivity index (χ1v) is 4.54. The fourth-order valence-electron chi connectivity index (χ4n) is 0.662. The number of hydrogen-bond donors (Lipinski definition) is 0. The van der Waals surface area contributed by atoms with Gasteiger partial charge in [-0.3, -0.25) is 0 Å². The summed E-state index contributed by atoms with van der Waals surface area (Å²) in [5.74, 6) is 0. The van der Waals surface area contributed by atoms with Gasteiger partial charge in [-0.25, -0.2) is 0 Å². The van der Waals surface area contributed by atoms with Gasteiger partial charge in [-0.1, -0.05) is 0 Å². The standard InChI is InChI=1S/C7H6F.BrH.Zn/c8-6-7-4-2-1-3-5-7;;/h1-6H;1H;. The van der Waals surface area contributed by atoms with E-state index < -0.39 is 4.77 Å². The molecule has 51 valence electrons. The molecule has 1 atom stereocenters. The molecule has 0 amide bonds. The van der Waals surface area contributed by atoms with Gasteiger partial charge in [0.25, 0.3) is 0 Å². The summed E-state index contributed by atoms with van der Waals surface area (Å²) < 4.78 is 11.8. The molecule has 0 aliphatic rings. The van der Waals surface area contributed by atoms with Crippen LogP contribution >= 0.6 is 17.0 Å². The molecule has 0 aromatic heterocycles. The normalized spacial score (nSPS) is 11.9. The van der Waals surface area contributed by atoms with Crippen LogP contribution in [-0.4, -0.2) is 0 Å². The van der Waals surface area contributed by atoms with E-state index in [1.807, 2.05) is 30.3 Å². The Morgan fingerprint density at radius 1 is 1.20 bits per heavy atom. The summed E-state index contributed by atoms with van der Waals surface area (Å²) in [6.07, 6.45) is 0. The number of halogens is 2. The Hall–Kier alpha value is 0.253. The van der Waals surface area contributed by atoms with Crippen LogP contribution in [0.2, 0.25) is 0 Å². The molecule has 1 aromatic rings. The van der Waals surface area contributed by atoms with Crippen molar-refractivity contribution in [3.05, 3.63) is 35.9 Å². The number of alkyl halides is 1. The molecule has 1 rings (SSSR count). The van der Waals surface area contributed by atoms with Crippen LogP contribution < -0.4 is 0 Å².